The third-order valence-electron chi connectivity index (χ3n) is 3.16. The first-order chi connectivity index (χ1) is 12.2. The Morgan fingerprint density at radius 2 is 1.88 bits per heavy atom. The Hall–Kier alpha value is -2.42. The van der Waals surface area contributed by atoms with Gasteiger partial charge in [-0.3, -0.25) is 4.79 Å². The molecule has 0 aliphatic rings. The molecule has 1 amide bonds. The van der Waals surface area contributed by atoms with E-state index in [9.17, 15) is 22.8 Å². The zero-order valence-corrected chi connectivity index (χ0v) is 14.9. The zero-order valence-electron chi connectivity index (χ0n) is 14.1. The molecule has 0 aliphatic heterocycles. The highest BCUT2D eigenvalue weighted by Crippen LogP contribution is 2.23. The summed E-state index contributed by atoms with van der Waals surface area (Å²) in [4.78, 5) is 27.8. The molecule has 1 aromatic carbocycles. The fourth-order valence-electron chi connectivity index (χ4n) is 1.98. The van der Waals surface area contributed by atoms with Crippen molar-refractivity contribution in [3.63, 3.8) is 0 Å². The number of nitrogens with zero attached hydrogens (tertiary/aromatic N) is 1. The quantitative estimate of drug-likeness (QED) is 0.761. The predicted molar refractivity (Wildman–Crippen MR) is 91.1 cm³/mol. The summed E-state index contributed by atoms with van der Waals surface area (Å²) in [5.74, 6) is -1.09. The number of carbonyl (C=O) groups is 2. The summed E-state index contributed by atoms with van der Waals surface area (Å²) in [6, 6.07) is 6.21. The minimum Gasteiger partial charge on any atom is -0.458 e. The van der Waals surface area contributed by atoms with Gasteiger partial charge in [0.15, 0.2) is 0 Å². The van der Waals surface area contributed by atoms with E-state index < -0.39 is 31.0 Å². The van der Waals surface area contributed by atoms with Crippen molar-refractivity contribution in [3.05, 3.63) is 40.2 Å². The van der Waals surface area contributed by atoms with Crippen LogP contribution in [0.1, 0.15) is 40.4 Å². The van der Waals surface area contributed by atoms with Crippen LogP contribution in [0, 0.1) is 0 Å². The second kappa shape index (κ2) is 8.31. The maximum Gasteiger partial charge on any atom is 0.390 e. The van der Waals surface area contributed by atoms with Crippen molar-refractivity contribution in [2.75, 3.05) is 6.54 Å². The summed E-state index contributed by atoms with van der Waals surface area (Å²) < 4.78 is 41.3. The highest BCUT2D eigenvalue weighted by Gasteiger charge is 2.26. The van der Waals surface area contributed by atoms with Crippen molar-refractivity contribution < 1.29 is 27.5 Å². The number of carbonyl (C=O) groups excluding carboxylic acids is 2. The van der Waals surface area contributed by atoms with Crippen LogP contribution in [-0.4, -0.2) is 35.7 Å². The normalized spacial score (nSPS) is 11.5. The van der Waals surface area contributed by atoms with Gasteiger partial charge in [-0.15, -0.1) is 11.3 Å². The third-order valence-corrected chi connectivity index (χ3v) is 3.98. The lowest BCUT2D eigenvalue weighted by molar-refractivity contribution is -0.133. The van der Waals surface area contributed by atoms with E-state index in [0.717, 1.165) is 11.3 Å². The fourth-order valence-corrected chi connectivity index (χ4v) is 2.68. The lowest BCUT2D eigenvalue weighted by atomic mass is 10.1. The molecule has 140 valence electrons. The lowest BCUT2D eigenvalue weighted by Gasteiger charge is -2.08. The van der Waals surface area contributed by atoms with Crippen LogP contribution < -0.4 is 5.32 Å². The second-order valence-electron chi connectivity index (χ2n) is 5.69. The molecule has 2 aromatic rings. The molecule has 0 unspecified atom stereocenters. The van der Waals surface area contributed by atoms with Crippen LogP contribution in [0.3, 0.4) is 0 Å². The first-order valence-electron chi connectivity index (χ1n) is 7.77. The first-order valence-corrected chi connectivity index (χ1v) is 8.65. The minimum absolute atomic E-state index is 0.225. The fraction of sp³-hybridized carbons (Fsp3) is 0.353. The van der Waals surface area contributed by atoms with E-state index in [2.05, 4.69) is 10.3 Å². The first kappa shape index (κ1) is 19.9. The predicted octanol–water partition coefficient (Wildman–Crippen LogP) is 4.06. The van der Waals surface area contributed by atoms with E-state index in [4.69, 9.17) is 4.74 Å². The van der Waals surface area contributed by atoms with Crippen LogP contribution in [0.25, 0.3) is 11.3 Å². The zero-order chi connectivity index (χ0) is 19.3. The molecule has 26 heavy (non-hydrogen) atoms. The summed E-state index contributed by atoms with van der Waals surface area (Å²) >= 11 is 1.15. The van der Waals surface area contributed by atoms with Crippen LogP contribution in [-0.2, 0) is 4.74 Å². The Labute approximate surface area is 152 Å². The topological polar surface area (TPSA) is 68.3 Å². The van der Waals surface area contributed by atoms with E-state index in [1.165, 1.54) is 12.1 Å². The van der Waals surface area contributed by atoms with Crippen molar-refractivity contribution in [1.29, 1.82) is 0 Å². The maximum atomic E-state index is 12.1. The molecule has 1 N–H and O–H groups in total. The molecule has 1 aromatic heterocycles. The largest absolute Gasteiger partial charge is 0.458 e. The van der Waals surface area contributed by atoms with Crippen molar-refractivity contribution in [2.45, 2.75) is 32.5 Å². The smallest absolute Gasteiger partial charge is 0.390 e. The van der Waals surface area contributed by atoms with Gasteiger partial charge >= 0.3 is 12.1 Å². The number of hydrogen-bond acceptors (Lipinski definition) is 5. The standard InChI is InChI=1S/C17H17F3N2O3S/c1-10(2)25-16(24)15-22-13(9-26-15)11-3-5-12(6-4-11)14(23)21-8-7-17(18,19)20/h3-6,9-10H,7-8H2,1-2H3,(H,21,23). The molecule has 0 saturated heterocycles. The Balaban J connectivity index is 2.00. The average molecular weight is 386 g/mol. The van der Waals surface area contributed by atoms with Crippen LogP contribution in [0.2, 0.25) is 0 Å². The van der Waals surface area contributed by atoms with E-state index in [0.29, 0.717) is 11.3 Å². The SMILES string of the molecule is CC(C)OC(=O)c1nc(-c2ccc(C(=O)NCCC(F)(F)F)cc2)cs1. The molecule has 5 nitrogen and oxygen atoms in total. The highest BCUT2D eigenvalue weighted by molar-refractivity contribution is 7.11. The van der Waals surface area contributed by atoms with E-state index in [1.54, 1.807) is 31.4 Å². The number of thiazole rings is 1. The monoisotopic (exact) mass is 386 g/mol. The summed E-state index contributed by atoms with van der Waals surface area (Å²) in [5, 5.41) is 4.13. The second-order valence-corrected chi connectivity index (χ2v) is 6.55. The van der Waals surface area contributed by atoms with Crippen molar-refractivity contribution >= 4 is 23.2 Å². The van der Waals surface area contributed by atoms with Gasteiger partial charge in [-0.2, -0.15) is 13.2 Å². The van der Waals surface area contributed by atoms with Gasteiger partial charge in [0.2, 0.25) is 5.01 Å². The van der Waals surface area contributed by atoms with Gasteiger partial charge in [0.25, 0.3) is 5.91 Å². The molecule has 0 spiro atoms. The summed E-state index contributed by atoms with van der Waals surface area (Å²) in [5.41, 5.74) is 1.47. The molecule has 2 rings (SSSR count). The number of ether oxygens (including phenoxy) is 1. The lowest BCUT2D eigenvalue weighted by Crippen LogP contribution is -2.27. The molecule has 0 atom stereocenters. The van der Waals surface area contributed by atoms with Crippen LogP contribution >= 0.6 is 11.3 Å². The van der Waals surface area contributed by atoms with Crippen LogP contribution in [0.15, 0.2) is 29.6 Å². The number of halogens is 3. The molecule has 0 saturated carbocycles. The maximum absolute atomic E-state index is 12.1. The minimum atomic E-state index is -4.31. The molecule has 0 bridgehead atoms. The molecule has 0 fully saturated rings. The van der Waals surface area contributed by atoms with Gasteiger partial charge in [0.1, 0.15) is 0 Å². The van der Waals surface area contributed by atoms with Gasteiger partial charge in [0, 0.05) is 23.1 Å². The molecule has 9 heteroatoms. The number of benzene rings is 1. The van der Waals surface area contributed by atoms with Gasteiger partial charge < -0.3 is 10.1 Å². The number of hydrogen-bond donors (Lipinski definition) is 1. The number of aromatic nitrogens is 1. The molecular weight excluding hydrogens is 369 g/mol. The number of rotatable bonds is 6. The molecule has 0 aliphatic carbocycles. The van der Waals surface area contributed by atoms with E-state index in [1.807, 2.05) is 0 Å². The molecule has 1 heterocycles. The highest BCUT2D eigenvalue weighted by atomic mass is 32.1. The average Bonchev–Trinajstić information content (AvgIpc) is 3.03. The van der Waals surface area contributed by atoms with Crippen LogP contribution in [0.4, 0.5) is 13.2 Å². The summed E-state index contributed by atoms with van der Waals surface area (Å²) in [6.45, 7) is 3.01. The van der Waals surface area contributed by atoms with Gasteiger partial charge in [-0.05, 0) is 26.0 Å². The third kappa shape index (κ3) is 5.83. The van der Waals surface area contributed by atoms with Gasteiger partial charge in [0.05, 0.1) is 18.2 Å². The van der Waals surface area contributed by atoms with Crippen molar-refractivity contribution in [2.24, 2.45) is 0 Å². The number of esters is 1. The van der Waals surface area contributed by atoms with Crippen LogP contribution in [0.5, 0.6) is 0 Å². The van der Waals surface area contributed by atoms with Crippen molar-refractivity contribution in [3.8, 4) is 11.3 Å². The number of amides is 1. The molecule has 0 radical (unpaired) electrons. The summed E-state index contributed by atoms with van der Waals surface area (Å²) in [7, 11) is 0. The number of alkyl halides is 3. The van der Waals surface area contributed by atoms with Crippen molar-refractivity contribution in [1.82, 2.24) is 10.3 Å². The van der Waals surface area contributed by atoms with E-state index >= 15 is 0 Å². The Kier molecular flexibility index (Phi) is 6.36. The van der Waals surface area contributed by atoms with Gasteiger partial charge in [-0.1, -0.05) is 12.1 Å². The van der Waals surface area contributed by atoms with Gasteiger partial charge in [-0.25, -0.2) is 9.78 Å². The molecular formula is C17H17F3N2O3S. The number of nitrogens with one attached hydrogen (secondary N) is 1. The van der Waals surface area contributed by atoms with E-state index in [-0.39, 0.29) is 16.7 Å². The Morgan fingerprint density at radius 1 is 1.23 bits per heavy atom. The Morgan fingerprint density at radius 3 is 2.46 bits per heavy atom. The summed E-state index contributed by atoms with van der Waals surface area (Å²) in [6.07, 6.45) is -5.63. The Bertz CT molecular complexity index is 770.